The van der Waals surface area contributed by atoms with E-state index in [9.17, 15) is 4.79 Å². The van der Waals surface area contributed by atoms with Gasteiger partial charge in [-0.25, -0.2) is 0 Å². The number of aromatic nitrogens is 5. The van der Waals surface area contributed by atoms with Crippen molar-refractivity contribution in [3.8, 4) is 0 Å². The molecule has 0 atom stereocenters. The van der Waals surface area contributed by atoms with E-state index in [2.05, 4.69) is 30.7 Å². The van der Waals surface area contributed by atoms with Crippen LogP contribution in [0.4, 0.5) is 5.95 Å². The Balaban J connectivity index is 1.48. The lowest BCUT2D eigenvalue weighted by atomic mass is 9.95. The van der Waals surface area contributed by atoms with Gasteiger partial charge in [-0.1, -0.05) is 0 Å². The number of rotatable bonds is 5. The van der Waals surface area contributed by atoms with Crippen molar-refractivity contribution in [2.75, 3.05) is 5.73 Å². The molecule has 1 aliphatic carbocycles. The molecule has 0 spiro atoms. The Kier molecular flexibility index (Phi) is 3.85. The molecule has 2 aromatic heterocycles. The van der Waals surface area contributed by atoms with Crippen LogP contribution in [0.25, 0.3) is 0 Å². The van der Waals surface area contributed by atoms with Crippen molar-refractivity contribution in [2.24, 2.45) is 0 Å². The van der Waals surface area contributed by atoms with Gasteiger partial charge in [-0.2, -0.15) is 10.1 Å². The lowest BCUT2D eigenvalue weighted by Gasteiger charge is -2.11. The first-order valence-corrected chi connectivity index (χ1v) is 7.21. The average molecular weight is 289 g/mol. The third-order valence-electron chi connectivity index (χ3n) is 3.73. The van der Waals surface area contributed by atoms with Gasteiger partial charge in [0.1, 0.15) is 5.82 Å². The van der Waals surface area contributed by atoms with Crippen LogP contribution in [-0.2, 0) is 30.6 Å². The number of fused-ring (bicyclic) bond motifs is 1. The van der Waals surface area contributed by atoms with Gasteiger partial charge in [0.05, 0.1) is 12.2 Å². The summed E-state index contributed by atoms with van der Waals surface area (Å²) >= 11 is 0. The Morgan fingerprint density at radius 3 is 2.90 bits per heavy atom. The second kappa shape index (κ2) is 5.94. The maximum absolute atomic E-state index is 11.8. The number of H-pyrrole nitrogens is 2. The van der Waals surface area contributed by atoms with Crippen molar-refractivity contribution >= 4 is 11.9 Å². The zero-order valence-electron chi connectivity index (χ0n) is 11.8. The van der Waals surface area contributed by atoms with Crippen LogP contribution >= 0.6 is 0 Å². The summed E-state index contributed by atoms with van der Waals surface area (Å²) in [6, 6.07) is 0. The minimum atomic E-state index is -0.0301. The van der Waals surface area contributed by atoms with Gasteiger partial charge < -0.3 is 11.1 Å². The number of aromatic amines is 2. The molecule has 2 heterocycles. The molecule has 0 unspecified atom stereocenters. The topological polar surface area (TPSA) is 125 Å². The molecule has 1 aliphatic rings. The third-order valence-corrected chi connectivity index (χ3v) is 3.73. The van der Waals surface area contributed by atoms with Crippen LogP contribution in [-0.4, -0.2) is 31.3 Å². The van der Waals surface area contributed by atoms with E-state index in [0.717, 1.165) is 18.5 Å². The summed E-state index contributed by atoms with van der Waals surface area (Å²) in [4.78, 5) is 15.8. The smallest absolute Gasteiger partial charge is 0.239 e. The number of amides is 1. The lowest BCUT2D eigenvalue weighted by Crippen LogP contribution is -2.23. The Labute approximate surface area is 121 Å². The second-order valence-corrected chi connectivity index (χ2v) is 5.25. The van der Waals surface area contributed by atoms with Gasteiger partial charge in [0.25, 0.3) is 0 Å². The highest BCUT2D eigenvalue weighted by Gasteiger charge is 2.17. The fourth-order valence-corrected chi connectivity index (χ4v) is 2.65. The predicted octanol–water partition coefficient (Wildman–Crippen LogP) is 0.238. The molecule has 0 saturated carbocycles. The van der Waals surface area contributed by atoms with E-state index in [-0.39, 0.29) is 11.9 Å². The summed E-state index contributed by atoms with van der Waals surface area (Å²) < 4.78 is 0. The molecule has 0 saturated heterocycles. The zero-order chi connectivity index (χ0) is 14.7. The van der Waals surface area contributed by atoms with Crippen molar-refractivity contribution in [2.45, 2.75) is 45.1 Å². The number of hydrogen-bond donors (Lipinski definition) is 4. The zero-order valence-corrected chi connectivity index (χ0v) is 11.8. The van der Waals surface area contributed by atoms with E-state index in [4.69, 9.17) is 5.73 Å². The fraction of sp³-hybridized carbons (Fsp3) is 0.538. The molecule has 21 heavy (non-hydrogen) atoms. The van der Waals surface area contributed by atoms with E-state index < -0.39 is 0 Å². The summed E-state index contributed by atoms with van der Waals surface area (Å²) in [6.07, 6.45) is 5.65. The molecule has 3 rings (SSSR count). The van der Waals surface area contributed by atoms with Crippen LogP contribution in [0.3, 0.4) is 0 Å². The average Bonchev–Trinajstić information content (AvgIpc) is 3.09. The monoisotopic (exact) mass is 289 g/mol. The van der Waals surface area contributed by atoms with Gasteiger partial charge in [-0.05, 0) is 31.2 Å². The molecule has 1 amide bonds. The number of hydrogen-bond acceptors (Lipinski definition) is 5. The van der Waals surface area contributed by atoms with Crippen LogP contribution in [0.1, 0.15) is 42.0 Å². The minimum Gasteiger partial charge on any atom is -0.367 e. The first-order chi connectivity index (χ1) is 10.2. The number of nitrogens with two attached hydrogens (primary N) is 1. The minimum absolute atomic E-state index is 0.0301. The molecule has 8 heteroatoms. The summed E-state index contributed by atoms with van der Waals surface area (Å²) in [5.41, 5.74) is 8.99. The number of aryl methyl sites for hydroxylation is 2. The first kappa shape index (κ1) is 13.6. The molecule has 0 aliphatic heterocycles. The molecule has 0 bridgehead atoms. The van der Waals surface area contributed by atoms with E-state index in [0.29, 0.717) is 25.2 Å². The van der Waals surface area contributed by atoms with Crippen LogP contribution in [0.15, 0.2) is 0 Å². The second-order valence-electron chi connectivity index (χ2n) is 5.25. The van der Waals surface area contributed by atoms with Gasteiger partial charge in [-0.15, -0.1) is 5.10 Å². The summed E-state index contributed by atoms with van der Waals surface area (Å²) in [7, 11) is 0. The summed E-state index contributed by atoms with van der Waals surface area (Å²) in [6.45, 7) is 0.307. The number of nitrogens with one attached hydrogen (secondary N) is 3. The van der Waals surface area contributed by atoms with Gasteiger partial charge in [-0.3, -0.25) is 15.0 Å². The van der Waals surface area contributed by atoms with Crippen molar-refractivity contribution in [3.63, 3.8) is 0 Å². The molecule has 8 nitrogen and oxygen atoms in total. The maximum atomic E-state index is 11.8. The predicted molar refractivity (Wildman–Crippen MR) is 76.2 cm³/mol. The number of carbonyl (C=O) groups is 1. The van der Waals surface area contributed by atoms with Gasteiger partial charge in [0, 0.05) is 18.5 Å². The third kappa shape index (κ3) is 3.21. The quantitative estimate of drug-likeness (QED) is 0.627. The maximum Gasteiger partial charge on any atom is 0.239 e. The van der Waals surface area contributed by atoms with E-state index >= 15 is 0 Å². The Morgan fingerprint density at radius 2 is 2.10 bits per heavy atom. The molecule has 2 aromatic rings. The lowest BCUT2D eigenvalue weighted by molar-refractivity contribution is -0.121. The molecule has 5 N–H and O–H groups in total. The number of nitrogen functional groups attached to an aromatic ring is 1. The summed E-state index contributed by atoms with van der Waals surface area (Å²) in [5.74, 6) is 0.706. The number of nitrogens with zero attached hydrogens (tertiary/aromatic N) is 3. The Morgan fingerprint density at radius 1 is 1.24 bits per heavy atom. The highest BCUT2D eigenvalue weighted by molar-refractivity contribution is 5.76. The number of anilines is 1. The molecular weight excluding hydrogens is 270 g/mol. The molecule has 0 aromatic carbocycles. The normalized spacial score (nSPS) is 13.9. The molecule has 112 valence electrons. The van der Waals surface area contributed by atoms with Crippen molar-refractivity contribution in [1.82, 2.24) is 30.7 Å². The van der Waals surface area contributed by atoms with Gasteiger partial charge >= 0.3 is 0 Å². The van der Waals surface area contributed by atoms with Crippen LogP contribution < -0.4 is 11.1 Å². The highest BCUT2D eigenvalue weighted by Crippen LogP contribution is 2.22. The van der Waals surface area contributed by atoms with E-state index in [1.807, 2.05) is 0 Å². The standard InChI is InChI=1S/C13H19N7O/c14-13-16-11(19-20-13)7-15-12(21)6-5-10-8-3-1-2-4-9(8)17-18-10/h1-7H2,(H,15,21)(H,17,18)(H3,14,16,19,20). The number of carbonyl (C=O) groups excluding carboxylic acids is 1. The fourth-order valence-electron chi connectivity index (χ4n) is 2.65. The van der Waals surface area contributed by atoms with Crippen LogP contribution in [0, 0.1) is 0 Å². The van der Waals surface area contributed by atoms with Crippen molar-refractivity contribution < 1.29 is 4.79 Å². The molecule has 0 fully saturated rings. The molecular formula is C13H19N7O. The van der Waals surface area contributed by atoms with Crippen LogP contribution in [0.2, 0.25) is 0 Å². The SMILES string of the molecule is Nc1n[nH]c(CNC(=O)CCc2n[nH]c3c2CCCC3)n1. The van der Waals surface area contributed by atoms with E-state index in [1.165, 1.54) is 24.1 Å². The van der Waals surface area contributed by atoms with Gasteiger partial charge in [0.2, 0.25) is 11.9 Å². The van der Waals surface area contributed by atoms with Crippen LogP contribution in [0.5, 0.6) is 0 Å². The molecule has 0 radical (unpaired) electrons. The van der Waals surface area contributed by atoms with Crippen molar-refractivity contribution in [1.29, 1.82) is 0 Å². The van der Waals surface area contributed by atoms with Crippen molar-refractivity contribution in [3.05, 3.63) is 22.8 Å². The first-order valence-electron chi connectivity index (χ1n) is 7.21. The highest BCUT2D eigenvalue weighted by atomic mass is 16.1. The largest absolute Gasteiger partial charge is 0.367 e. The van der Waals surface area contributed by atoms with Gasteiger partial charge in [0.15, 0.2) is 0 Å². The Bertz CT molecular complexity index is 630. The van der Waals surface area contributed by atoms with E-state index in [1.54, 1.807) is 0 Å². The summed E-state index contributed by atoms with van der Waals surface area (Å²) in [5, 5.41) is 16.6. The Hall–Kier alpha value is -2.38.